The van der Waals surface area contributed by atoms with Crippen LogP contribution in [-0.4, -0.2) is 4.57 Å². The number of aromatic nitrogens is 1. The molecule has 0 amide bonds. The van der Waals surface area contributed by atoms with Gasteiger partial charge in [0.05, 0.1) is 11.2 Å². The van der Waals surface area contributed by atoms with Crippen molar-refractivity contribution in [3.05, 3.63) is 90.0 Å². The van der Waals surface area contributed by atoms with Crippen LogP contribution >= 0.6 is 25.5 Å². The predicted octanol–water partition coefficient (Wildman–Crippen LogP) is 7.27. The molecule has 0 N–H and O–H groups in total. The second-order valence-corrected chi connectivity index (χ2v) is 17.3. The van der Waals surface area contributed by atoms with Crippen molar-refractivity contribution in [1.29, 1.82) is 0 Å². The summed E-state index contributed by atoms with van der Waals surface area (Å²) in [5.41, 5.74) is 8.16. The van der Waals surface area contributed by atoms with Crippen LogP contribution in [0.5, 0.6) is 0 Å². The molecule has 1 aromatic heterocycles. The first-order valence-electron chi connectivity index (χ1n) is 8.26. The Morgan fingerprint density at radius 1 is 0.731 bits per heavy atom. The summed E-state index contributed by atoms with van der Waals surface area (Å²) >= 11 is -2.13. The van der Waals surface area contributed by atoms with Crippen LogP contribution in [0.25, 0.3) is 27.8 Å². The van der Waals surface area contributed by atoms with Crippen molar-refractivity contribution in [3.63, 3.8) is 0 Å². The Labute approximate surface area is 171 Å². The number of halogens is 3. The van der Waals surface area contributed by atoms with E-state index in [2.05, 4.69) is 83.4 Å². The Hall–Kier alpha value is -1.05. The van der Waals surface area contributed by atoms with E-state index in [0.717, 1.165) is 6.42 Å². The van der Waals surface area contributed by atoms with Gasteiger partial charge in [0.25, 0.3) is 0 Å². The summed E-state index contributed by atoms with van der Waals surface area (Å²) < 4.78 is 2.41. The summed E-state index contributed by atoms with van der Waals surface area (Å²) in [6, 6.07) is 28.2. The van der Waals surface area contributed by atoms with Gasteiger partial charge in [0.15, 0.2) is 0 Å². The van der Waals surface area contributed by atoms with E-state index in [1.165, 1.54) is 39.0 Å². The summed E-state index contributed by atoms with van der Waals surface area (Å²) in [6.45, 7) is 0. The molecule has 5 rings (SSSR count). The molecule has 0 saturated heterocycles. The van der Waals surface area contributed by atoms with E-state index in [1.54, 1.807) is 0 Å². The van der Waals surface area contributed by atoms with E-state index in [-0.39, 0.29) is 0 Å². The Balaban J connectivity index is 0.000000385. The van der Waals surface area contributed by atoms with Gasteiger partial charge >= 0.3 is 43.7 Å². The maximum Gasteiger partial charge on any atom is 0.0579 e. The fourth-order valence-electron chi connectivity index (χ4n) is 3.71. The van der Waals surface area contributed by atoms with E-state index in [4.69, 9.17) is 25.5 Å². The first-order chi connectivity index (χ1) is 12.7. The molecule has 5 heteroatoms. The van der Waals surface area contributed by atoms with Crippen molar-refractivity contribution in [2.24, 2.45) is 0 Å². The smallest absolute Gasteiger partial charge is 0.0579 e. The van der Waals surface area contributed by atoms with Crippen molar-refractivity contribution in [2.45, 2.75) is 6.42 Å². The third-order valence-corrected chi connectivity index (χ3v) is 4.63. The number of para-hydroxylation sites is 2. The van der Waals surface area contributed by atoms with Crippen LogP contribution in [0.3, 0.4) is 0 Å². The van der Waals surface area contributed by atoms with Crippen LogP contribution in [-0.2, 0) is 24.6 Å². The summed E-state index contributed by atoms with van der Waals surface area (Å²) in [5, 5.41) is 1.37. The Kier molecular flexibility index (Phi) is 5.57. The monoisotopic (exact) mass is 476 g/mol. The molecule has 0 aliphatic heterocycles. The quantitative estimate of drug-likeness (QED) is 0.239. The molecule has 0 radical (unpaired) electrons. The van der Waals surface area contributed by atoms with Gasteiger partial charge in [-0.1, -0.05) is 60.7 Å². The number of hydrogen-bond donors (Lipinski definition) is 0. The molecule has 3 aromatic carbocycles. The van der Waals surface area contributed by atoms with Gasteiger partial charge in [-0.3, -0.25) is 0 Å². The van der Waals surface area contributed by atoms with Crippen molar-refractivity contribution in [3.8, 4) is 16.9 Å². The zero-order valence-corrected chi connectivity index (χ0v) is 18.5. The molecule has 0 spiro atoms. The average Bonchev–Trinajstić information content (AvgIpc) is 3.17. The molecule has 0 saturated carbocycles. The van der Waals surface area contributed by atoms with Gasteiger partial charge in [0.1, 0.15) is 0 Å². The molecule has 0 fully saturated rings. The van der Waals surface area contributed by atoms with Gasteiger partial charge in [0, 0.05) is 23.1 Å². The summed E-state index contributed by atoms with van der Waals surface area (Å²) in [6.07, 6.45) is 1.03. The minimum absolute atomic E-state index is 1.03. The van der Waals surface area contributed by atoms with Crippen LogP contribution in [0.15, 0.2) is 78.9 Å². The molecular formula is C21H15Cl3NZr. The van der Waals surface area contributed by atoms with E-state index in [0.29, 0.717) is 0 Å². The van der Waals surface area contributed by atoms with Gasteiger partial charge in [-0.2, -0.15) is 0 Å². The third kappa shape index (κ3) is 3.41. The van der Waals surface area contributed by atoms with Crippen LogP contribution in [0.2, 0.25) is 0 Å². The van der Waals surface area contributed by atoms with Crippen molar-refractivity contribution >= 4 is 36.4 Å². The number of nitrogens with zero attached hydrogens (tertiary/aromatic N) is 1. The molecule has 0 bridgehead atoms. The van der Waals surface area contributed by atoms with Gasteiger partial charge in [-0.05, 0) is 29.3 Å². The Morgan fingerprint density at radius 3 is 2.12 bits per heavy atom. The van der Waals surface area contributed by atoms with E-state index in [9.17, 15) is 0 Å². The number of fused-ring (bicyclic) bond motifs is 5. The number of hydrogen-bond acceptors (Lipinski definition) is 0. The molecule has 1 heterocycles. The van der Waals surface area contributed by atoms with Crippen molar-refractivity contribution in [1.82, 2.24) is 4.57 Å². The standard InChI is InChI=1S/C21H15N.3ClH.Zr/c1-2-9-16(10-3-1)22-20-13-7-6-12-18(20)19-14-15-8-4-5-11-17(15)21(19)22;;;;/h1-13H,14H2;3*1H;/q;;;;+3/p-3. The minimum atomic E-state index is -2.13. The molecule has 0 unspecified atom stereocenters. The third-order valence-electron chi connectivity index (χ3n) is 4.63. The Morgan fingerprint density at radius 2 is 1.35 bits per heavy atom. The molecule has 1 aliphatic carbocycles. The van der Waals surface area contributed by atoms with Crippen LogP contribution in [0.1, 0.15) is 11.1 Å². The largest absolute Gasteiger partial charge is 0.309 e. The first-order valence-corrected chi connectivity index (χ1v) is 17.8. The molecule has 129 valence electrons. The van der Waals surface area contributed by atoms with Gasteiger partial charge in [-0.25, -0.2) is 0 Å². The molecule has 26 heavy (non-hydrogen) atoms. The summed E-state index contributed by atoms with van der Waals surface area (Å²) in [7, 11) is 15.0. The van der Waals surface area contributed by atoms with Gasteiger partial charge < -0.3 is 4.57 Å². The van der Waals surface area contributed by atoms with Crippen molar-refractivity contribution in [2.75, 3.05) is 0 Å². The fraction of sp³-hybridized carbons (Fsp3) is 0.0476. The summed E-state index contributed by atoms with van der Waals surface area (Å²) in [4.78, 5) is 0. The molecular weight excluding hydrogens is 464 g/mol. The second-order valence-electron chi connectivity index (χ2n) is 6.06. The van der Waals surface area contributed by atoms with Crippen LogP contribution in [0, 0.1) is 0 Å². The van der Waals surface area contributed by atoms with E-state index >= 15 is 0 Å². The van der Waals surface area contributed by atoms with E-state index < -0.39 is 18.2 Å². The van der Waals surface area contributed by atoms with Gasteiger partial charge in [-0.15, -0.1) is 0 Å². The minimum Gasteiger partial charge on any atom is -0.309 e. The van der Waals surface area contributed by atoms with E-state index in [1.807, 2.05) is 0 Å². The predicted molar refractivity (Wildman–Crippen MR) is 109 cm³/mol. The maximum absolute atomic E-state index is 5.00. The normalized spacial score (nSPS) is 11.5. The van der Waals surface area contributed by atoms with Crippen LogP contribution in [0.4, 0.5) is 0 Å². The first kappa shape index (κ1) is 18.3. The van der Waals surface area contributed by atoms with Crippen LogP contribution < -0.4 is 0 Å². The maximum atomic E-state index is 5.00. The number of benzene rings is 3. The Bertz CT molecular complexity index is 1050. The summed E-state index contributed by atoms with van der Waals surface area (Å²) in [5.74, 6) is 0. The molecule has 4 aromatic rings. The molecule has 0 atom stereocenters. The fourth-order valence-corrected chi connectivity index (χ4v) is 3.71. The van der Waals surface area contributed by atoms with Gasteiger partial charge in [0.2, 0.25) is 0 Å². The SMILES string of the molecule is [Cl][Zr]([Cl])[Cl].c1ccc(-n2c3c(c4ccccc42)Cc2ccccc2-3)cc1. The topological polar surface area (TPSA) is 4.93 Å². The zero-order chi connectivity index (χ0) is 18.1. The number of rotatable bonds is 1. The average molecular weight is 479 g/mol. The molecule has 1 nitrogen and oxygen atoms in total. The zero-order valence-electron chi connectivity index (χ0n) is 13.8. The molecule has 1 aliphatic rings. The van der Waals surface area contributed by atoms with Crippen molar-refractivity contribution < 1.29 is 18.2 Å². The second kappa shape index (κ2) is 7.91.